The fourth-order valence-corrected chi connectivity index (χ4v) is 3.04. The maximum Gasteiger partial charge on any atom is 0.275 e. The molecule has 0 spiro atoms. The van der Waals surface area contributed by atoms with Crippen LogP contribution < -0.4 is 10.2 Å². The van der Waals surface area contributed by atoms with Crippen molar-refractivity contribution >= 4 is 17.5 Å². The number of carbonyl (C=O) groups excluding carboxylic acids is 1. The Morgan fingerprint density at radius 3 is 2.96 bits per heavy atom. The van der Waals surface area contributed by atoms with Crippen molar-refractivity contribution in [3.63, 3.8) is 0 Å². The van der Waals surface area contributed by atoms with E-state index < -0.39 is 5.60 Å². The van der Waals surface area contributed by atoms with Gasteiger partial charge in [0.15, 0.2) is 12.1 Å². The Labute approximate surface area is 145 Å². The molecule has 0 saturated carbocycles. The number of rotatable bonds is 5. The fraction of sp³-hybridized carbons (Fsp3) is 0.500. The average molecular weight is 346 g/mol. The van der Waals surface area contributed by atoms with Crippen molar-refractivity contribution in [1.82, 2.24) is 19.9 Å². The third-order valence-corrected chi connectivity index (χ3v) is 4.39. The molecule has 1 atom stereocenters. The number of carbonyl (C=O) groups is 1. The van der Waals surface area contributed by atoms with Crippen LogP contribution in [-0.2, 0) is 0 Å². The van der Waals surface area contributed by atoms with Crippen molar-refractivity contribution in [3.05, 3.63) is 30.2 Å². The van der Waals surface area contributed by atoms with Crippen molar-refractivity contribution in [2.75, 3.05) is 43.9 Å². The van der Waals surface area contributed by atoms with Crippen LogP contribution in [0.2, 0.25) is 0 Å². The third-order valence-electron chi connectivity index (χ3n) is 4.39. The molecule has 3 heterocycles. The summed E-state index contributed by atoms with van der Waals surface area (Å²) in [6.07, 6.45) is 3.28. The fourth-order valence-electron chi connectivity index (χ4n) is 3.04. The summed E-state index contributed by atoms with van der Waals surface area (Å²) >= 11 is 0. The first-order valence-corrected chi connectivity index (χ1v) is 8.04. The van der Waals surface area contributed by atoms with E-state index in [-0.39, 0.29) is 18.1 Å². The molecule has 2 aromatic rings. The minimum atomic E-state index is -1.01. The monoisotopic (exact) mass is 346 g/mol. The van der Waals surface area contributed by atoms with Gasteiger partial charge >= 0.3 is 0 Å². The highest BCUT2D eigenvalue weighted by molar-refractivity contribution is 5.93. The van der Waals surface area contributed by atoms with Crippen molar-refractivity contribution < 1.29 is 14.3 Å². The second-order valence-electron chi connectivity index (χ2n) is 6.33. The van der Waals surface area contributed by atoms with E-state index in [1.807, 2.05) is 11.0 Å². The van der Waals surface area contributed by atoms with Crippen LogP contribution in [0.15, 0.2) is 23.2 Å². The molecule has 0 radical (unpaired) electrons. The van der Waals surface area contributed by atoms with Crippen LogP contribution in [-0.4, -0.2) is 70.2 Å². The molecule has 3 rings (SSSR count). The Balaban J connectivity index is 1.67. The van der Waals surface area contributed by atoms with Crippen LogP contribution in [0.25, 0.3) is 0 Å². The maximum atomic E-state index is 12.4. The van der Waals surface area contributed by atoms with Crippen LogP contribution in [0, 0.1) is 6.92 Å². The molecular formula is C16H22N6O3. The SMILES string of the molecule is CNc1cc(N2CC[C@@](O)(CN(C)C(=O)c3ncoc3C)C2)ncn1. The molecule has 0 aromatic carbocycles. The minimum absolute atomic E-state index is 0.207. The number of anilines is 2. The predicted molar refractivity (Wildman–Crippen MR) is 91.6 cm³/mol. The van der Waals surface area contributed by atoms with E-state index in [9.17, 15) is 9.90 Å². The van der Waals surface area contributed by atoms with Gasteiger partial charge in [0, 0.05) is 33.3 Å². The van der Waals surface area contributed by atoms with Gasteiger partial charge in [-0.05, 0) is 13.3 Å². The van der Waals surface area contributed by atoms with Gasteiger partial charge in [-0.2, -0.15) is 0 Å². The summed E-state index contributed by atoms with van der Waals surface area (Å²) in [6.45, 7) is 2.94. The van der Waals surface area contributed by atoms with Crippen molar-refractivity contribution in [2.24, 2.45) is 0 Å². The highest BCUT2D eigenvalue weighted by atomic mass is 16.3. The Kier molecular flexibility index (Phi) is 4.58. The van der Waals surface area contributed by atoms with E-state index in [2.05, 4.69) is 20.3 Å². The molecular weight excluding hydrogens is 324 g/mol. The zero-order valence-corrected chi connectivity index (χ0v) is 14.6. The van der Waals surface area contributed by atoms with E-state index >= 15 is 0 Å². The lowest BCUT2D eigenvalue weighted by atomic mass is 10.0. The molecule has 2 N–H and O–H groups in total. The van der Waals surface area contributed by atoms with Crippen LogP contribution in [0.5, 0.6) is 0 Å². The zero-order valence-electron chi connectivity index (χ0n) is 14.6. The van der Waals surface area contributed by atoms with Gasteiger partial charge in [-0.15, -0.1) is 0 Å². The number of likely N-dealkylation sites (N-methyl/N-ethyl adjacent to an activating group) is 1. The smallest absolute Gasteiger partial charge is 0.275 e. The van der Waals surface area contributed by atoms with Crippen molar-refractivity contribution in [1.29, 1.82) is 0 Å². The summed E-state index contributed by atoms with van der Waals surface area (Å²) in [5.74, 6) is 1.67. The largest absolute Gasteiger partial charge is 0.448 e. The normalized spacial score (nSPS) is 19.9. The molecule has 1 aliphatic rings. The number of hydrogen-bond acceptors (Lipinski definition) is 8. The van der Waals surface area contributed by atoms with E-state index in [1.54, 1.807) is 21.0 Å². The van der Waals surface area contributed by atoms with Gasteiger partial charge in [-0.1, -0.05) is 0 Å². The van der Waals surface area contributed by atoms with Crippen LogP contribution in [0.3, 0.4) is 0 Å². The summed E-state index contributed by atoms with van der Waals surface area (Å²) in [5.41, 5.74) is -0.734. The van der Waals surface area contributed by atoms with Crippen molar-refractivity contribution in [3.8, 4) is 0 Å². The van der Waals surface area contributed by atoms with E-state index in [0.717, 1.165) is 5.82 Å². The molecule has 9 nitrogen and oxygen atoms in total. The molecule has 0 unspecified atom stereocenters. The minimum Gasteiger partial charge on any atom is -0.448 e. The van der Waals surface area contributed by atoms with Crippen LogP contribution in [0.4, 0.5) is 11.6 Å². The molecule has 1 amide bonds. The van der Waals surface area contributed by atoms with Gasteiger partial charge in [0.1, 0.15) is 29.3 Å². The first-order chi connectivity index (χ1) is 11.9. The second kappa shape index (κ2) is 6.67. The van der Waals surface area contributed by atoms with Gasteiger partial charge in [0.05, 0.1) is 6.54 Å². The first-order valence-electron chi connectivity index (χ1n) is 8.04. The summed E-state index contributed by atoms with van der Waals surface area (Å²) < 4.78 is 5.08. The number of aryl methyl sites for hydroxylation is 1. The van der Waals surface area contributed by atoms with E-state index in [1.165, 1.54) is 17.6 Å². The Bertz CT molecular complexity index is 764. The highest BCUT2D eigenvalue weighted by Crippen LogP contribution is 2.27. The summed E-state index contributed by atoms with van der Waals surface area (Å²) in [4.78, 5) is 28.2. The number of β-amino-alcohol motifs (C(OH)–C–C–N with tert-alkyl or cyclic N) is 1. The quantitative estimate of drug-likeness (QED) is 0.807. The molecule has 1 aliphatic heterocycles. The Morgan fingerprint density at radius 1 is 1.48 bits per heavy atom. The standard InChI is InChI=1S/C16H22N6O3/c1-11-14(20-10-25-11)15(23)21(3)7-16(24)4-5-22(8-16)13-6-12(17-2)18-9-19-13/h6,9-10,24H,4-5,7-8H2,1-3H3,(H,17,18,19)/t16-/m1/s1. The Hall–Kier alpha value is -2.68. The zero-order chi connectivity index (χ0) is 18.0. The molecule has 25 heavy (non-hydrogen) atoms. The molecule has 134 valence electrons. The first kappa shape index (κ1) is 17.2. The van der Waals surface area contributed by atoms with Gasteiger partial charge in [0.2, 0.25) is 0 Å². The predicted octanol–water partition coefficient (Wildman–Crippen LogP) is 0.528. The van der Waals surface area contributed by atoms with Gasteiger partial charge in [-0.3, -0.25) is 4.79 Å². The van der Waals surface area contributed by atoms with Gasteiger partial charge in [0.25, 0.3) is 5.91 Å². The number of amides is 1. The molecule has 1 fully saturated rings. The van der Waals surface area contributed by atoms with Crippen LogP contribution >= 0.6 is 0 Å². The summed E-state index contributed by atoms with van der Waals surface area (Å²) in [6, 6.07) is 1.83. The number of nitrogens with one attached hydrogen (secondary N) is 1. The van der Waals surface area contributed by atoms with Crippen molar-refractivity contribution in [2.45, 2.75) is 18.9 Å². The van der Waals surface area contributed by atoms with E-state index in [4.69, 9.17) is 4.42 Å². The summed E-state index contributed by atoms with van der Waals surface area (Å²) in [7, 11) is 3.44. The number of aromatic nitrogens is 3. The summed E-state index contributed by atoms with van der Waals surface area (Å²) in [5, 5.41) is 13.9. The molecule has 0 aliphatic carbocycles. The van der Waals surface area contributed by atoms with Gasteiger partial charge in [-0.25, -0.2) is 15.0 Å². The molecule has 1 saturated heterocycles. The highest BCUT2D eigenvalue weighted by Gasteiger charge is 2.39. The molecule has 9 heteroatoms. The third kappa shape index (κ3) is 3.55. The lowest BCUT2D eigenvalue weighted by Crippen LogP contribution is -2.46. The lowest BCUT2D eigenvalue weighted by molar-refractivity contribution is 0.0261. The van der Waals surface area contributed by atoms with Gasteiger partial charge < -0.3 is 24.6 Å². The Morgan fingerprint density at radius 2 is 2.28 bits per heavy atom. The molecule has 0 bridgehead atoms. The number of hydrogen-bond donors (Lipinski definition) is 2. The maximum absolute atomic E-state index is 12.4. The second-order valence-corrected chi connectivity index (χ2v) is 6.33. The number of nitrogens with zero attached hydrogens (tertiary/aromatic N) is 5. The van der Waals surface area contributed by atoms with Crippen LogP contribution in [0.1, 0.15) is 22.7 Å². The number of oxazole rings is 1. The lowest BCUT2D eigenvalue weighted by Gasteiger charge is -2.28. The number of aliphatic hydroxyl groups is 1. The average Bonchev–Trinajstić information content (AvgIpc) is 3.20. The van der Waals surface area contributed by atoms with E-state index in [0.29, 0.717) is 31.1 Å². The molecule has 2 aromatic heterocycles. The topological polar surface area (TPSA) is 108 Å².